The van der Waals surface area contributed by atoms with Gasteiger partial charge >= 0.3 is 5.97 Å². The number of hydrogen-bond donors (Lipinski definition) is 0. The van der Waals surface area contributed by atoms with Gasteiger partial charge in [-0.2, -0.15) is 10.4 Å². The summed E-state index contributed by atoms with van der Waals surface area (Å²) in [6.45, 7) is 6.96. The van der Waals surface area contributed by atoms with Crippen molar-refractivity contribution in [1.82, 2.24) is 9.78 Å². The summed E-state index contributed by atoms with van der Waals surface area (Å²) >= 11 is 0. The molecule has 2 aromatic rings. The highest BCUT2D eigenvalue weighted by atomic mass is 19.1. The Morgan fingerprint density at radius 2 is 2.09 bits per heavy atom. The van der Waals surface area contributed by atoms with Crippen LogP contribution in [0, 0.1) is 24.1 Å². The lowest BCUT2D eigenvalue weighted by molar-refractivity contribution is 0.00687. The number of nitrogens with zero attached hydrogens (tertiary/aromatic N) is 3. The molecule has 5 nitrogen and oxygen atoms in total. The molecule has 0 bridgehead atoms. The molecule has 2 rings (SSSR count). The number of halogens is 1. The van der Waals surface area contributed by atoms with E-state index in [1.54, 1.807) is 27.7 Å². The van der Waals surface area contributed by atoms with Crippen LogP contribution in [0.4, 0.5) is 4.39 Å². The number of carbonyl (C=O) groups excluding carboxylic acids is 1. The van der Waals surface area contributed by atoms with Gasteiger partial charge in [-0.1, -0.05) is 0 Å². The predicted octanol–water partition coefficient (Wildman–Crippen LogP) is 3.15. The molecule has 0 aliphatic rings. The van der Waals surface area contributed by atoms with Crippen molar-refractivity contribution in [3.63, 3.8) is 0 Å². The van der Waals surface area contributed by atoms with Gasteiger partial charge < -0.3 is 4.74 Å². The summed E-state index contributed by atoms with van der Waals surface area (Å²) in [6, 6.07) is 5.94. The number of rotatable bonds is 2. The van der Waals surface area contributed by atoms with Crippen LogP contribution in [0.15, 0.2) is 24.4 Å². The molecule has 0 amide bonds. The van der Waals surface area contributed by atoms with Gasteiger partial charge in [0.1, 0.15) is 22.7 Å². The van der Waals surface area contributed by atoms with Crippen molar-refractivity contribution in [2.24, 2.45) is 0 Å². The van der Waals surface area contributed by atoms with Crippen LogP contribution in [-0.4, -0.2) is 21.4 Å². The predicted molar refractivity (Wildman–Crippen MR) is 78.1 cm³/mol. The van der Waals surface area contributed by atoms with Crippen molar-refractivity contribution in [3.05, 3.63) is 47.0 Å². The van der Waals surface area contributed by atoms with E-state index in [1.165, 1.54) is 23.0 Å². The lowest BCUT2D eigenvalue weighted by Gasteiger charge is -2.19. The van der Waals surface area contributed by atoms with E-state index in [0.717, 1.165) is 6.07 Å². The van der Waals surface area contributed by atoms with Crippen molar-refractivity contribution < 1.29 is 13.9 Å². The van der Waals surface area contributed by atoms with Gasteiger partial charge in [0.15, 0.2) is 0 Å². The van der Waals surface area contributed by atoms with Crippen molar-refractivity contribution in [2.75, 3.05) is 0 Å². The Balaban J connectivity index is 2.40. The number of benzene rings is 1. The average molecular weight is 301 g/mol. The van der Waals surface area contributed by atoms with E-state index in [0.29, 0.717) is 5.69 Å². The number of esters is 1. The molecule has 0 N–H and O–H groups in total. The van der Waals surface area contributed by atoms with Gasteiger partial charge in [-0.05, 0) is 45.9 Å². The van der Waals surface area contributed by atoms with E-state index >= 15 is 0 Å². The highest BCUT2D eigenvalue weighted by Crippen LogP contribution is 2.20. The van der Waals surface area contributed by atoms with Gasteiger partial charge in [0, 0.05) is 0 Å². The minimum Gasteiger partial charge on any atom is -0.456 e. The fourth-order valence-corrected chi connectivity index (χ4v) is 1.93. The Kier molecular flexibility index (Phi) is 4.00. The summed E-state index contributed by atoms with van der Waals surface area (Å²) in [7, 11) is 0. The molecule has 6 heteroatoms. The molecule has 0 saturated heterocycles. The maximum Gasteiger partial charge on any atom is 0.342 e. The first kappa shape index (κ1) is 15.7. The van der Waals surface area contributed by atoms with Crippen molar-refractivity contribution in [1.29, 1.82) is 5.26 Å². The molecule has 0 saturated carbocycles. The Labute approximate surface area is 127 Å². The zero-order chi connectivity index (χ0) is 16.5. The molecule has 0 aliphatic heterocycles. The van der Waals surface area contributed by atoms with Gasteiger partial charge in [0.2, 0.25) is 0 Å². The largest absolute Gasteiger partial charge is 0.456 e. The molecular formula is C16H16FN3O2. The minimum atomic E-state index is -0.620. The Morgan fingerprint density at radius 1 is 1.41 bits per heavy atom. The van der Waals surface area contributed by atoms with Crippen LogP contribution in [0.5, 0.6) is 0 Å². The lowest BCUT2D eigenvalue weighted by Crippen LogP contribution is -2.24. The highest BCUT2D eigenvalue weighted by molar-refractivity contribution is 5.90. The fraction of sp³-hybridized carbons (Fsp3) is 0.312. The van der Waals surface area contributed by atoms with Crippen LogP contribution >= 0.6 is 0 Å². The summed E-state index contributed by atoms with van der Waals surface area (Å²) < 4.78 is 20.7. The Bertz CT molecular complexity index is 767. The van der Waals surface area contributed by atoms with Crippen molar-refractivity contribution in [3.8, 4) is 11.8 Å². The second kappa shape index (κ2) is 5.60. The van der Waals surface area contributed by atoms with Crippen molar-refractivity contribution in [2.45, 2.75) is 33.3 Å². The van der Waals surface area contributed by atoms with Gasteiger partial charge in [-0.15, -0.1) is 0 Å². The fourth-order valence-electron chi connectivity index (χ4n) is 1.93. The number of nitriles is 1. The molecule has 1 aromatic heterocycles. The van der Waals surface area contributed by atoms with Crippen LogP contribution < -0.4 is 0 Å². The molecule has 0 radical (unpaired) electrons. The summed E-state index contributed by atoms with van der Waals surface area (Å²) in [6.07, 6.45) is 1.35. The third kappa shape index (κ3) is 3.14. The molecule has 22 heavy (non-hydrogen) atoms. The monoisotopic (exact) mass is 301 g/mol. The van der Waals surface area contributed by atoms with Crippen LogP contribution in [0.3, 0.4) is 0 Å². The number of aromatic nitrogens is 2. The minimum absolute atomic E-state index is 0.173. The van der Waals surface area contributed by atoms with Crippen molar-refractivity contribution >= 4 is 5.97 Å². The summed E-state index contributed by atoms with van der Waals surface area (Å²) in [4.78, 5) is 12.1. The molecule has 1 aromatic carbocycles. The molecule has 0 fully saturated rings. The summed E-state index contributed by atoms with van der Waals surface area (Å²) in [5.74, 6) is -1.09. The average Bonchev–Trinajstić information content (AvgIpc) is 2.78. The zero-order valence-electron chi connectivity index (χ0n) is 12.8. The smallest absolute Gasteiger partial charge is 0.342 e. The van der Waals surface area contributed by atoms with E-state index in [4.69, 9.17) is 10.00 Å². The quantitative estimate of drug-likeness (QED) is 0.799. The number of ether oxygens (including phenoxy) is 1. The Morgan fingerprint density at radius 3 is 2.64 bits per heavy atom. The maximum absolute atomic E-state index is 14.1. The number of hydrogen-bond acceptors (Lipinski definition) is 4. The summed E-state index contributed by atoms with van der Waals surface area (Å²) in [5, 5.41) is 12.8. The first-order valence-electron chi connectivity index (χ1n) is 6.71. The first-order chi connectivity index (χ1) is 10.2. The van der Waals surface area contributed by atoms with E-state index in [2.05, 4.69) is 5.10 Å². The third-order valence-corrected chi connectivity index (χ3v) is 2.93. The molecule has 114 valence electrons. The Hall–Kier alpha value is -2.68. The summed E-state index contributed by atoms with van der Waals surface area (Å²) in [5.41, 5.74) is 0.520. The second-order valence-electron chi connectivity index (χ2n) is 5.84. The van der Waals surface area contributed by atoms with Gasteiger partial charge in [-0.3, -0.25) is 0 Å². The van der Waals surface area contributed by atoms with Crippen LogP contribution in [0.25, 0.3) is 5.69 Å². The van der Waals surface area contributed by atoms with E-state index in [-0.39, 0.29) is 16.8 Å². The number of carbonyl (C=O) groups is 1. The molecule has 0 aliphatic carbocycles. The molecule has 0 atom stereocenters. The highest BCUT2D eigenvalue weighted by Gasteiger charge is 2.22. The normalized spacial score (nSPS) is 11.1. The molecule has 1 heterocycles. The third-order valence-electron chi connectivity index (χ3n) is 2.93. The standard InChI is InChI=1S/C16H16FN3O2/c1-10-12(15(21)22-16(2,3)4)9-19-20(10)14-6-5-11(8-18)7-13(14)17/h5-7,9H,1-4H3. The maximum atomic E-state index is 14.1. The van der Waals surface area contributed by atoms with Crippen LogP contribution in [-0.2, 0) is 4.74 Å². The SMILES string of the molecule is Cc1c(C(=O)OC(C)(C)C)cnn1-c1ccc(C#N)cc1F. The topological polar surface area (TPSA) is 67.9 Å². The zero-order valence-corrected chi connectivity index (χ0v) is 12.8. The second-order valence-corrected chi connectivity index (χ2v) is 5.84. The van der Waals surface area contributed by atoms with Gasteiger partial charge in [-0.25, -0.2) is 13.9 Å². The van der Waals surface area contributed by atoms with Gasteiger partial charge in [0.25, 0.3) is 0 Å². The molecule has 0 unspecified atom stereocenters. The first-order valence-corrected chi connectivity index (χ1v) is 6.71. The lowest BCUT2D eigenvalue weighted by atomic mass is 10.2. The van der Waals surface area contributed by atoms with E-state index in [9.17, 15) is 9.18 Å². The van der Waals surface area contributed by atoms with Gasteiger partial charge in [0.05, 0.1) is 23.5 Å². The molecule has 0 spiro atoms. The van der Waals surface area contributed by atoms with E-state index < -0.39 is 17.4 Å². The van der Waals surface area contributed by atoms with Crippen LogP contribution in [0.2, 0.25) is 0 Å². The van der Waals surface area contributed by atoms with E-state index in [1.807, 2.05) is 6.07 Å². The van der Waals surface area contributed by atoms with Crippen LogP contribution in [0.1, 0.15) is 42.4 Å². The molecular weight excluding hydrogens is 285 g/mol.